The van der Waals surface area contributed by atoms with E-state index in [2.05, 4.69) is 5.10 Å². The summed E-state index contributed by atoms with van der Waals surface area (Å²) in [6.07, 6.45) is -6.14. The minimum Gasteiger partial charge on any atom is -0.481 e. The Balaban J connectivity index is 1.73. The molecule has 0 saturated heterocycles. The molecule has 0 aliphatic heterocycles. The predicted octanol–water partition coefficient (Wildman–Crippen LogP) is 8.05. The van der Waals surface area contributed by atoms with Gasteiger partial charge in [-0.05, 0) is 62.4 Å². The van der Waals surface area contributed by atoms with E-state index in [4.69, 9.17) is 23.2 Å². The third-order valence-electron chi connectivity index (χ3n) is 7.49. The van der Waals surface area contributed by atoms with Crippen molar-refractivity contribution in [2.75, 3.05) is 6.54 Å². The molecule has 1 N–H and O–H groups in total. The summed E-state index contributed by atoms with van der Waals surface area (Å²) in [4.78, 5) is 26.0. The van der Waals surface area contributed by atoms with Gasteiger partial charge in [0, 0.05) is 28.2 Å². The highest BCUT2D eigenvalue weighted by atomic mass is 35.5. The van der Waals surface area contributed by atoms with Crippen LogP contribution in [0.5, 0.6) is 0 Å². The van der Waals surface area contributed by atoms with Gasteiger partial charge in [0.05, 0.1) is 29.8 Å². The molecule has 0 spiro atoms. The molecular formula is C28H25Cl2F6N3O3. The van der Waals surface area contributed by atoms with Gasteiger partial charge in [-0.1, -0.05) is 29.3 Å². The second-order valence-electron chi connectivity index (χ2n) is 10.5. The first-order valence-electron chi connectivity index (χ1n) is 12.8. The zero-order valence-electron chi connectivity index (χ0n) is 22.1. The monoisotopic (exact) mass is 635 g/mol. The van der Waals surface area contributed by atoms with Crippen LogP contribution in [0.1, 0.15) is 72.0 Å². The molecule has 226 valence electrons. The van der Waals surface area contributed by atoms with Crippen molar-refractivity contribution >= 4 is 35.1 Å². The fourth-order valence-electron chi connectivity index (χ4n) is 5.18. The zero-order valence-corrected chi connectivity index (χ0v) is 23.6. The highest BCUT2D eigenvalue weighted by Crippen LogP contribution is 2.44. The molecule has 1 aromatic heterocycles. The van der Waals surface area contributed by atoms with E-state index in [0.29, 0.717) is 21.8 Å². The van der Waals surface area contributed by atoms with Gasteiger partial charge >= 0.3 is 12.1 Å². The molecule has 1 aliphatic carbocycles. The second kappa shape index (κ2) is 12.2. The van der Waals surface area contributed by atoms with Crippen LogP contribution in [0.15, 0.2) is 42.6 Å². The molecule has 1 saturated carbocycles. The molecule has 1 aliphatic rings. The van der Waals surface area contributed by atoms with Crippen molar-refractivity contribution in [1.29, 1.82) is 0 Å². The van der Waals surface area contributed by atoms with Gasteiger partial charge in [0.25, 0.3) is 5.91 Å². The maximum absolute atomic E-state index is 15.6. The number of carbonyl (C=O) groups is 2. The third-order valence-corrected chi connectivity index (χ3v) is 8.15. The molecule has 0 unspecified atom stereocenters. The molecule has 6 nitrogen and oxygen atoms in total. The van der Waals surface area contributed by atoms with Crippen LogP contribution in [0.4, 0.5) is 26.3 Å². The highest BCUT2D eigenvalue weighted by Gasteiger charge is 2.45. The first-order valence-corrected chi connectivity index (χ1v) is 13.6. The van der Waals surface area contributed by atoms with Crippen LogP contribution in [0, 0.1) is 17.0 Å². The first kappa shape index (κ1) is 31.7. The van der Waals surface area contributed by atoms with Crippen molar-refractivity contribution in [2.24, 2.45) is 5.41 Å². The van der Waals surface area contributed by atoms with E-state index < -0.39 is 71.7 Å². The van der Waals surface area contributed by atoms with Gasteiger partial charge in [0.1, 0.15) is 17.8 Å². The van der Waals surface area contributed by atoms with E-state index in [1.807, 2.05) is 0 Å². The summed E-state index contributed by atoms with van der Waals surface area (Å²) < 4.78 is 87.4. The van der Waals surface area contributed by atoms with E-state index in [-0.39, 0.29) is 46.9 Å². The molecular weight excluding hydrogens is 611 g/mol. The number of carbonyl (C=O) groups excluding carboxylic acids is 1. The van der Waals surface area contributed by atoms with Crippen molar-refractivity contribution in [3.63, 3.8) is 0 Å². The Morgan fingerprint density at radius 1 is 1.12 bits per heavy atom. The van der Waals surface area contributed by atoms with E-state index >= 15 is 4.39 Å². The lowest BCUT2D eigenvalue weighted by atomic mass is 9.74. The second-order valence-corrected chi connectivity index (χ2v) is 11.3. The van der Waals surface area contributed by atoms with Crippen molar-refractivity contribution < 1.29 is 41.0 Å². The number of aromatic nitrogens is 2. The topological polar surface area (TPSA) is 75.4 Å². The van der Waals surface area contributed by atoms with Gasteiger partial charge < -0.3 is 10.0 Å². The molecule has 1 amide bonds. The van der Waals surface area contributed by atoms with Crippen molar-refractivity contribution in [3.8, 4) is 0 Å². The zero-order chi connectivity index (χ0) is 31.0. The Labute approximate surface area is 246 Å². The van der Waals surface area contributed by atoms with Gasteiger partial charge in [-0.3, -0.25) is 14.3 Å². The van der Waals surface area contributed by atoms with Crippen LogP contribution in [0.3, 0.4) is 0 Å². The molecule has 1 fully saturated rings. The number of aliphatic carboxylic acids is 1. The normalized spacial score (nSPS) is 19.9. The van der Waals surface area contributed by atoms with E-state index in [1.54, 1.807) is 0 Å². The molecule has 2 aromatic carbocycles. The maximum atomic E-state index is 15.6. The Bertz CT molecular complexity index is 1450. The van der Waals surface area contributed by atoms with E-state index in [0.717, 1.165) is 12.1 Å². The smallest absolute Gasteiger partial charge is 0.433 e. The summed E-state index contributed by atoms with van der Waals surface area (Å²) in [6, 6.07) is 5.60. The van der Waals surface area contributed by atoms with Crippen LogP contribution in [0.25, 0.3) is 0 Å². The summed E-state index contributed by atoms with van der Waals surface area (Å²) in [5, 5.41) is 13.1. The Morgan fingerprint density at radius 3 is 2.21 bits per heavy atom. The average molecular weight is 636 g/mol. The Kier molecular flexibility index (Phi) is 9.17. The lowest BCUT2D eigenvalue weighted by Gasteiger charge is -2.34. The number of halogens is 8. The quantitative estimate of drug-likeness (QED) is 0.254. The molecule has 1 heterocycles. The number of carboxylic acid groups (broad SMARTS) is 1. The number of amides is 1. The fourth-order valence-corrected chi connectivity index (χ4v) is 5.82. The minimum atomic E-state index is -5.08. The maximum Gasteiger partial charge on any atom is 0.433 e. The van der Waals surface area contributed by atoms with Gasteiger partial charge in [-0.25, -0.2) is 13.2 Å². The largest absolute Gasteiger partial charge is 0.481 e. The van der Waals surface area contributed by atoms with Gasteiger partial charge in [0.2, 0.25) is 0 Å². The van der Waals surface area contributed by atoms with Gasteiger partial charge in [0.15, 0.2) is 5.69 Å². The minimum absolute atomic E-state index is 0.0605. The van der Waals surface area contributed by atoms with Gasteiger partial charge in [-0.15, -0.1) is 0 Å². The lowest BCUT2D eigenvalue weighted by molar-refractivity contribution is -0.152. The van der Waals surface area contributed by atoms with Crippen molar-refractivity contribution in [3.05, 3.63) is 86.7 Å². The van der Waals surface area contributed by atoms with Crippen LogP contribution >= 0.6 is 23.2 Å². The average Bonchev–Trinajstić information content (AvgIpc) is 3.33. The molecule has 4 rings (SSSR count). The highest BCUT2D eigenvalue weighted by molar-refractivity contribution is 6.36. The van der Waals surface area contributed by atoms with Crippen LogP contribution in [0.2, 0.25) is 10.0 Å². The molecule has 0 radical (unpaired) electrons. The van der Waals surface area contributed by atoms with Crippen LogP contribution in [-0.2, 0) is 17.5 Å². The number of benzene rings is 2. The van der Waals surface area contributed by atoms with Crippen LogP contribution < -0.4 is 0 Å². The van der Waals surface area contributed by atoms with E-state index in [1.165, 1.54) is 25.1 Å². The SMILES string of the molecule is CC1(C(=O)O)CCC(n2ncc(C(=O)N(Cc3cc(F)cc(F)c3)C[C@@H](F)c3c(Cl)cccc3Cl)c2C(F)(F)F)CC1. The van der Waals surface area contributed by atoms with Gasteiger partial charge in [-0.2, -0.15) is 18.3 Å². The number of rotatable bonds is 8. The predicted molar refractivity (Wildman–Crippen MR) is 142 cm³/mol. The number of carboxylic acids is 1. The summed E-state index contributed by atoms with van der Waals surface area (Å²) in [5.74, 6) is -4.36. The van der Waals surface area contributed by atoms with Crippen molar-refractivity contribution in [1.82, 2.24) is 14.7 Å². The van der Waals surface area contributed by atoms with Crippen molar-refractivity contribution in [2.45, 2.75) is 57.5 Å². The summed E-state index contributed by atoms with van der Waals surface area (Å²) >= 11 is 12.2. The summed E-state index contributed by atoms with van der Waals surface area (Å²) in [7, 11) is 0. The molecule has 0 bridgehead atoms. The standard InChI is InChI=1S/C28H25Cl2F6N3O3/c1-27(26(41)42)7-5-18(6-8-27)39-24(28(34,35)36)19(12-37-39)25(40)38(13-15-9-16(31)11-17(32)10-15)14-22(33)23-20(29)3-2-4-21(23)30/h2-4,9-12,18,22H,5-8,13-14H2,1H3,(H,41,42)/t18?,22-,27?/m1/s1. The molecule has 14 heteroatoms. The number of hydrogen-bond acceptors (Lipinski definition) is 3. The first-order chi connectivity index (χ1) is 19.6. The molecule has 1 atom stereocenters. The Morgan fingerprint density at radius 2 is 1.69 bits per heavy atom. The third kappa shape index (κ3) is 6.70. The number of nitrogens with zero attached hydrogens (tertiary/aromatic N) is 3. The summed E-state index contributed by atoms with van der Waals surface area (Å²) in [6.45, 7) is 0.00217. The Hall–Kier alpha value is -3.25. The number of alkyl halides is 4. The summed E-state index contributed by atoms with van der Waals surface area (Å²) in [5.41, 5.74) is -3.74. The molecule has 42 heavy (non-hydrogen) atoms. The number of hydrogen-bond donors (Lipinski definition) is 1. The fraction of sp³-hybridized carbons (Fsp3) is 0.393. The van der Waals surface area contributed by atoms with Crippen LogP contribution in [-0.4, -0.2) is 38.2 Å². The lowest BCUT2D eigenvalue weighted by Crippen LogP contribution is -2.36. The molecule has 3 aromatic rings. The van der Waals surface area contributed by atoms with E-state index in [9.17, 15) is 36.6 Å².